The smallest absolute Gasteiger partial charge is 0.255 e. The van der Waals surface area contributed by atoms with Gasteiger partial charge in [-0.25, -0.2) is 9.37 Å². The zero-order valence-corrected chi connectivity index (χ0v) is 12.8. The third kappa shape index (κ3) is 3.67. The van der Waals surface area contributed by atoms with Crippen molar-refractivity contribution in [3.05, 3.63) is 53.5 Å². The minimum Gasteiger partial charge on any atom is -0.436 e. The molecule has 3 rings (SSSR count). The number of ether oxygens (including phenoxy) is 1. The van der Waals surface area contributed by atoms with Crippen LogP contribution in [0.25, 0.3) is 0 Å². The van der Waals surface area contributed by atoms with Crippen LogP contribution in [0.3, 0.4) is 0 Å². The summed E-state index contributed by atoms with van der Waals surface area (Å²) in [6.07, 6.45) is 7.55. The van der Waals surface area contributed by atoms with E-state index in [0.29, 0.717) is 11.7 Å². The first-order valence-corrected chi connectivity index (χ1v) is 7.86. The summed E-state index contributed by atoms with van der Waals surface area (Å²) in [6, 6.07) is 8.74. The first kappa shape index (κ1) is 15.5. The van der Waals surface area contributed by atoms with Crippen molar-refractivity contribution in [1.29, 1.82) is 0 Å². The zero-order valence-electron chi connectivity index (χ0n) is 12.8. The lowest BCUT2D eigenvalue weighted by Gasteiger charge is -2.22. The van der Waals surface area contributed by atoms with Crippen LogP contribution in [0.2, 0.25) is 0 Å². The van der Waals surface area contributed by atoms with E-state index in [0.717, 1.165) is 6.07 Å². The van der Waals surface area contributed by atoms with Crippen molar-refractivity contribution in [2.24, 2.45) is 5.73 Å². The number of hydrogen-bond donors (Lipinski definition) is 1. The topological polar surface area (TPSA) is 65.2 Å². The maximum Gasteiger partial charge on any atom is 0.255 e. The van der Waals surface area contributed by atoms with Crippen molar-refractivity contribution < 1.29 is 13.9 Å². The number of pyridine rings is 1. The molecule has 1 aromatic heterocycles. The summed E-state index contributed by atoms with van der Waals surface area (Å²) in [5.74, 6) is -0.469. The molecule has 5 heteroatoms. The number of nitrogens with zero attached hydrogens (tertiary/aromatic N) is 1. The molecule has 1 aromatic carbocycles. The molecule has 1 aliphatic rings. The minimum atomic E-state index is -0.722. The van der Waals surface area contributed by atoms with Crippen LogP contribution in [-0.4, -0.2) is 10.9 Å². The Bertz CT molecular complexity index is 695. The molecule has 1 saturated carbocycles. The van der Waals surface area contributed by atoms with E-state index in [4.69, 9.17) is 10.5 Å². The Hall–Kier alpha value is -2.43. The highest BCUT2D eigenvalue weighted by atomic mass is 19.1. The maximum absolute atomic E-state index is 13.9. The van der Waals surface area contributed by atoms with E-state index in [2.05, 4.69) is 4.98 Å². The van der Waals surface area contributed by atoms with Gasteiger partial charge in [0.05, 0.1) is 5.56 Å². The molecule has 0 unspecified atom stereocenters. The molecule has 0 spiro atoms. The van der Waals surface area contributed by atoms with Gasteiger partial charge in [-0.15, -0.1) is 0 Å². The van der Waals surface area contributed by atoms with Crippen molar-refractivity contribution in [3.63, 3.8) is 0 Å². The van der Waals surface area contributed by atoms with Crippen LogP contribution in [0.5, 0.6) is 11.6 Å². The molecule has 4 nitrogen and oxygen atoms in total. The number of amides is 1. The SMILES string of the molecule is NC(=O)c1cnc(Oc2ccc(C3CCCCC3)cc2)c(F)c1. The van der Waals surface area contributed by atoms with Gasteiger partial charge in [0.1, 0.15) is 5.75 Å². The predicted octanol–water partition coefficient (Wildman–Crippen LogP) is 4.16. The van der Waals surface area contributed by atoms with Crippen LogP contribution in [0.15, 0.2) is 36.5 Å². The number of carbonyl (C=O) groups excluding carboxylic acids is 1. The number of nitrogens with two attached hydrogens (primary N) is 1. The van der Waals surface area contributed by atoms with Crippen LogP contribution in [-0.2, 0) is 0 Å². The first-order chi connectivity index (χ1) is 11.1. The third-order valence-corrected chi connectivity index (χ3v) is 4.26. The second-order valence-corrected chi connectivity index (χ2v) is 5.88. The second kappa shape index (κ2) is 6.77. The molecule has 1 aliphatic carbocycles. The fourth-order valence-electron chi connectivity index (χ4n) is 2.99. The van der Waals surface area contributed by atoms with E-state index in [1.807, 2.05) is 24.3 Å². The molecule has 1 fully saturated rings. The van der Waals surface area contributed by atoms with E-state index in [-0.39, 0.29) is 11.4 Å². The van der Waals surface area contributed by atoms with Gasteiger partial charge in [0.15, 0.2) is 5.82 Å². The minimum absolute atomic E-state index is 0.0162. The highest BCUT2D eigenvalue weighted by Gasteiger charge is 2.16. The number of primary amides is 1. The molecule has 0 saturated heterocycles. The summed E-state index contributed by atoms with van der Waals surface area (Å²) < 4.78 is 19.3. The van der Waals surface area contributed by atoms with Crippen LogP contribution >= 0.6 is 0 Å². The van der Waals surface area contributed by atoms with Crippen molar-refractivity contribution >= 4 is 5.91 Å². The summed E-state index contributed by atoms with van der Waals surface area (Å²) in [6.45, 7) is 0. The van der Waals surface area contributed by atoms with Gasteiger partial charge in [0.2, 0.25) is 5.91 Å². The van der Waals surface area contributed by atoms with E-state index in [9.17, 15) is 9.18 Å². The molecular formula is C18H19FN2O2. The van der Waals surface area contributed by atoms with E-state index >= 15 is 0 Å². The number of benzene rings is 1. The van der Waals surface area contributed by atoms with Crippen molar-refractivity contribution in [3.8, 4) is 11.6 Å². The summed E-state index contributed by atoms with van der Waals surface area (Å²) >= 11 is 0. The van der Waals surface area contributed by atoms with Crippen LogP contribution < -0.4 is 10.5 Å². The third-order valence-electron chi connectivity index (χ3n) is 4.26. The van der Waals surface area contributed by atoms with Gasteiger partial charge >= 0.3 is 0 Å². The lowest BCUT2D eigenvalue weighted by atomic mass is 9.84. The molecule has 0 radical (unpaired) electrons. The molecule has 2 aromatic rings. The van der Waals surface area contributed by atoms with Crippen molar-refractivity contribution in [1.82, 2.24) is 4.98 Å². The zero-order chi connectivity index (χ0) is 16.2. The molecule has 1 heterocycles. The predicted molar refractivity (Wildman–Crippen MR) is 85.1 cm³/mol. The number of rotatable bonds is 4. The monoisotopic (exact) mass is 314 g/mol. The summed E-state index contributed by atoms with van der Waals surface area (Å²) in [5.41, 5.74) is 6.40. The average molecular weight is 314 g/mol. The standard InChI is InChI=1S/C18H19FN2O2/c19-16-10-14(17(20)22)11-21-18(16)23-15-8-6-13(7-9-15)12-4-2-1-3-5-12/h6-12H,1-5H2,(H2,20,22). The molecule has 1 amide bonds. The Kier molecular flexibility index (Phi) is 4.55. The van der Waals surface area contributed by atoms with E-state index in [1.165, 1.54) is 43.9 Å². The Morgan fingerprint density at radius 2 is 1.87 bits per heavy atom. The highest BCUT2D eigenvalue weighted by Crippen LogP contribution is 2.33. The Morgan fingerprint density at radius 1 is 1.17 bits per heavy atom. The van der Waals surface area contributed by atoms with E-state index in [1.54, 1.807) is 0 Å². The molecular weight excluding hydrogens is 295 g/mol. The average Bonchev–Trinajstić information content (AvgIpc) is 2.58. The molecule has 0 bridgehead atoms. The summed E-state index contributed by atoms with van der Waals surface area (Å²) in [7, 11) is 0. The van der Waals surface area contributed by atoms with Crippen LogP contribution in [0.1, 0.15) is 53.9 Å². The molecule has 0 atom stereocenters. The van der Waals surface area contributed by atoms with Gasteiger partial charge in [-0.2, -0.15) is 0 Å². The molecule has 0 aliphatic heterocycles. The summed E-state index contributed by atoms with van der Waals surface area (Å²) in [5, 5.41) is 0. The number of carbonyl (C=O) groups is 1. The highest BCUT2D eigenvalue weighted by molar-refractivity contribution is 5.92. The fourth-order valence-corrected chi connectivity index (χ4v) is 2.99. The Balaban J connectivity index is 1.72. The normalized spacial score (nSPS) is 15.3. The van der Waals surface area contributed by atoms with Gasteiger partial charge in [-0.05, 0) is 42.5 Å². The quantitative estimate of drug-likeness (QED) is 0.921. The second-order valence-electron chi connectivity index (χ2n) is 5.88. The van der Waals surface area contributed by atoms with Crippen LogP contribution in [0, 0.1) is 5.82 Å². The number of hydrogen-bond acceptors (Lipinski definition) is 3. The number of aromatic nitrogens is 1. The first-order valence-electron chi connectivity index (χ1n) is 7.86. The lowest BCUT2D eigenvalue weighted by Crippen LogP contribution is -2.11. The van der Waals surface area contributed by atoms with E-state index < -0.39 is 11.7 Å². The van der Waals surface area contributed by atoms with Gasteiger partial charge in [0.25, 0.3) is 5.88 Å². The number of halogens is 1. The largest absolute Gasteiger partial charge is 0.436 e. The maximum atomic E-state index is 13.9. The molecule has 23 heavy (non-hydrogen) atoms. The van der Waals surface area contributed by atoms with Gasteiger partial charge in [-0.3, -0.25) is 4.79 Å². The Morgan fingerprint density at radius 3 is 2.48 bits per heavy atom. The molecule has 2 N–H and O–H groups in total. The van der Waals surface area contributed by atoms with Crippen molar-refractivity contribution in [2.45, 2.75) is 38.0 Å². The van der Waals surface area contributed by atoms with Gasteiger partial charge in [-0.1, -0.05) is 31.4 Å². The van der Waals surface area contributed by atoms with Gasteiger partial charge < -0.3 is 10.5 Å². The van der Waals surface area contributed by atoms with Crippen molar-refractivity contribution in [2.75, 3.05) is 0 Å². The molecule has 120 valence electrons. The lowest BCUT2D eigenvalue weighted by molar-refractivity contribution is 0.0999. The Labute approximate surface area is 134 Å². The summed E-state index contributed by atoms with van der Waals surface area (Å²) in [4.78, 5) is 14.8. The van der Waals surface area contributed by atoms with Gasteiger partial charge in [0, 0.05) is 6.20 Å². The fraction of sp³-hybridized carbons (Fsp3) is 0.333. The van der Waals surface area contributed by atoms with Crippen LogP contribution in [0.4, 0.5) is 4.39 Å².